The van der Waals surface area contributed by atoms with Crippen LogP contribution in [0.1, 0.15) is 11.3 Å². The van der Waals surface area contributed by atoms with E-state index in [1.807, 2.05) is 13.1 Å². The Hall–Kier alpha value is -1.35. The largest absolute Gasteiger partial charge is 0.378 e. The molecule has 0 fully saturated rings. The van der Waals surface area contributed by atoms with Gasteiger partial charge in [0.2, 0.25) is 0 Å². The third-order valence-corrected chi connectivity index (χ3v) is 1.96. The number of nitrogens with one attached hydrogen (secondary N) is 1. The molecule has 0 atom stereocenters. The number of aromatic amines is 1. The predicted octanol–water partition coefficient (Wildman–Crippen LogP) is 2.02. The highest BCUT2D eigenvalue weighted by Crippen LogP contribution is 2.14. The lowest BCUT2D eigenvalue weighted by molar-refractivity contribution is 0.182. The summed E-state index contributed by atoms with van der Waals surface area (Å²) >= 11 is 0. The second-order valence-corrected chi connectivity index (χ2v) is 3.18. The van der Waals surface area contributed by atoms with Gasteiger partial charge in [0.25, 0.3) is 0 Å². The average Bonchev–Trinajstić information content (AvgIpc) is 2.46. The third-order valence-electron chi connectivity index (χ3n) is 1.96. The zero-order chi connectivity index (χ0) is 9.26. The van der Waals surface area contributed by atoms with Crippen LogP contribution in [0, 0.1) is 6.92 Å². The number of nitrogens with zero attached hydrogens (tertiary/aromatic N) is 1. The highest BCUT2D eigenvalue weighted by molar-refractivity contribution is 5.76. The summed E-state index contributed by atoms with van der Waals surface area (Å²) in [6, 6.07) is 4.18. The van der Waals surface area contributed by atoms with Crippen molar-refractivity contribution >= 4 is 11.0 Å². The quantitative estimate of drug-likeness (QED) is 0.760. The first-order chi connectivity index (χ1) is 6.29. The van der Waals surface area contributed by atoms with Gasteiger partial charge >= 0.3 is 0 Å². The molecule has 0 aliphatic heterocycles. The molecule has 0 bridgehead atoms. The van der Waals surface area contributed by atoms with Crippen molar-refractivity contribution in [3.8, 4) is 0 Å². The van der Waals surface area contributed by atoms with E-state index < -0.39 is 0 Å². The number of aryl methyl sites for hydroxylation is 1. The van der Waals surface area contributed by atoms with Crippen molar-refractivity contribution < 1.29 is 4.74 Å². The molecule has 0 saturated carbocycles. The molecule has 0 aliphatic carbocycles. The van der Waals surface area contributed by atoms with Crippen LogP contribution in [-0.4, -0.2) is 17.1 Å². The van der Waals surface area contributed by atoms with Gasteiger partial charge in [0, 0.05) is 24.4 Å². The zero-order valence-corrected chi connectivity index (χ0v) is 7.79. The molecule has 0 unspecified atom stereocenters. The third kappa shape index (κ3) is 1.55. The van der Waals surface area contributed by atoms with Crippen molar-refractivity contribution in [3.05, 3.63) is 29.6 Å². The van der Waals surface area contributed by atoms with Gasteiger partial charge in [-0.25, -0.2) is 4.98 Å². The molecule has 0 amide bonds. The van der Waals surface area contributed by atoms with Gasteiger partial charge in [-0.2, -0.15) is 0 Å². The maximum absolute atomic E-state index is 5.03. The first-order valence-corrected chi connectivity index (χ1v) is 4.23. The number of hydrogen-bond donors (Lipinski definition) is 1. The molecule has 2 aromatic rings. The molecular formula is C10H12N2O. The Bertz CT molecular complexity index is 420. The van der Waals surface area contributed by atoms with Crippen molar-refractivity contribution in [3.63, 3.8) is 0 Å². The van der Waals surface area contributed by atoms with Crippen LogP contribution >= 0.6 is 0 Å². The molecule has 13 heavy (non-hydrogen) atoms. The Morgan fingerprint density at radius 2 is 2.31 bits per heavy atom. The van der Waals surface area contributed by atoms with E-state index in [9.17, 15) is 0 Å². The second-order valence-electron chi connectivity index (χ2n) is 3.18. The Labute approximate surface area is 76.8 Å². The van der Waals surface area contributed by atoms with Crippen molar-refractivity contribution in [2.45, 2.75) is 13.5 Å². The minimum absolute atomic E-state index is 0.607. The van der Waals surface area contributed by atoms with Crippen LogP contribution in [0.4, 0.5) is 0 Å². The van der Waals surface area contributed by atoms with E-state index in [2.05, 4.69) is 22.1 Å². The van der Waals surface area contributed by atoms with E-state index in [0.717, 1.165) is 16.7 Å². The molecule has 3 heteroatoms. The van der Waals surface area contributed by atoms with Crippen LogP contribution in [-0.2, 0) is 11.3 Å². The van der Waals surface area contributed by atoms with E-state index >= 15 is 0 Å². The molecule has 3 nitrogen and oxygen atoms in total. The highest BCUT2D eigenvalue weighted by Gasteiger charge is 2.00. The average molecular weight is 176 g/mol. The molecule has 2 heterocycles. The lowest BCUT2D eigenvalue weighted by Gasteiger charge is -1.91. The molecular weight excluding hydrogens is 164 g/mol. The first kappa shape index (κ1) is 8.26. The standard InChI is InChI=1S/C10H12N2O/c1-7-3-8-4-9(6-13-2)12-10(8)11-5-7/h3-5H,6H2,1-2H3,(H,11,12). The topological polar surface area (TPSA) is 37.9 Å². The van der Waals surface area contributed by atoms with Crippen molar-refractivity contribution in [1.29, 1.82) is 0 Å². The second kappa shape index (κ2) is 3.18. The van der Waals surface area contributed by atoms with E-state index in [4.69, 9.17) is 4.74 Å². The smallest absolute Gasteiger partial charge is 0.137 e. The number of rotatable bonds is 2. The van der Waals surface area contributed by atoms with Crippen LogP contribution in [0.3, 0.4) is 0 Å². The summed E-state index contributed by atoms with van der Waals surface area (Å²) < 4.78 is 5.03. The fraction of sp³-hybridized carbons (Fsp3) is 0.300. The van der Waals surface area contributed by atoms with E-state index in [1.165, 1.54) is 5.56 Å². The summed E-state index contributed by atoms with van der Waals surface area (Å²) in [5, 5.41) is 1.15. The summed E-state index contributed by atoms with van der Waals surface area (Å²) in [6.07, 6.45) is 1.86. The van der Waals surface area contributed by atoms with Gasteiger partial charge in [-0.3, -0.25) is 0 Å². The molecule has 68 valence electrons. The normalized spacial score (nSPS) is 10.9. The van der Waals surface area contributed by atoms with Crippen LogP contribution in [0.25, 0.3) is 11.0 Å². The fourth-order valence-corrected chi connectivity index (χ4v) is 1.42. The minimum Gasteiger partial charge on any atom is -0.378 e. The maximum Gasteiger partial charge on any atom is 0.137 e. The summed E-state index contributed by atoms with van der Waals surface area (Å²) in [4.78, 5) is 7.46. The zero-order valence-electron chi connectivity index (χ0n) is 7.79. The number of ether oxygens (including phenoxy) is 1. The molecule has 1 N–H and O–H groups in total. The predicted molar refractivity (Wildman–Crippen MR) is 51.5 cm³/mol. The van der Waals surface area contributed by atoms with Crippen molar-refractivity contribution in [1.82, 2.24) is 9.97 Å². The number of H-pyrrole nitrogens is 1. The molecule has 0 aromatic carbocycles. The Balaban J connectivity index is 2.49. The van der Waals surface area contributed by atoms with Gasteiger partial charge in [0.05, 0.1) is 6.61 Å². The fourth-order valence-electron chi connectivity index (χ4n) is 1.42. The van der Waals surface area contributed by atoms with Crippen LogP contribution < -0.4 is 0 Å². The lowest BCUT2D eigenvalue weighted by atomic mass is 10.2. The van der Waals surface area contributed by atoms with Gasteiger partial charge in [-0.1, -0.05) is 0 Å². The molecule has 2 aromatic heterocycles. The number of methoxy groups -OCH3 is 1. The monoisotopic (exact) mass is 176 g/mol. The van der Waals surface area contributed by atoms with E-state index in [0.29, 0.717) is 6.61 Å². The number of aromatic nitrogens is 2. The van der Waals surface area contributed by atoms with E-state index in [1.54, 1.807) is 7.11 Å². The van der Waals surface area contributed by atoms with Crippen molar-refractivity contribution in [2.75, 3.05) is 7.11 Å². The molecule has 2 rings (SSSR count). The minimum atomic E-state index is 0.607. The van der Waals surface area contributed by atoms with Gasteiger partial charge in [0.15, 0.2) is 0 Å². The van der Waals surface area contributed by atoms with Gasteiger partial charge in [-0.15, -0.1) is 0 Å². The van der Waals surface area contributed by atoms with Crippen LogP contribution in [0.2, 0.25) is 0 Å². The Morgan fingerprint density at radius 3 is 3.08 bits per heavy atom. The van der Waals surface area contributed by atoms with Crippen molar-refractivity contribution in [2.24, 2.45) is 0 Å². The molecule has 0 radical (unpaired) electrons. The highest BCUT2D eigenvalue weighted by atomic mass is 16.5. The summed E-state index contributed by atoms with van der Waals surface area (Å²) in [5.74, 6) is 0. The summed E-state index contributed by atoms with van der Waals surface area (Å²) in [5.41, 5.74) is 3.17. The Kier molecular flexibility index (Phi) is 2.02. The summed E-state index contributed by atoms with van der Waals surface area (Å²) in [6.45, 7) is 2.64. The molecule has 0 aliphatic rings. The maximum atomic E-state index is 5.03. The van der Waals surface area contributed by atoms with E-state index in [-0.39, 0.29) is 0 Å². The first-order valence-electron chi connectivity index (χ1n) is 4.23. The number of fused-ring (bicyclic) bond motifs is 1. The Morgan fingerprint density at radius 1 is 1.46 bits per heavy atom. The van der Waals surface area contributed by atoms with Gasteiger partial charge < -0.3 is 9.72 Å². The molecule has 0 spiro atoms. The number of pyridine rings is 1. The van der Waals surface area contributed by atoms with Gasteiger partial charge in [0.1, 0.15) is 5.65 Å². The van der Waals surface area contributed by atoms with Crippen LogP contribution in [0.5, 0.6) is 0 Å². The van der Waals surface area contributed by atoms with Crippen LogP contribution in [0.15, 0.2) is 18.3 Å². The van der Waals surface area contributed by atoms with Gasteiger partial charge in [-0.05, 0) is 24.6 Å². The SMILES string of the molecule is COCc1cc2cc(C)cnc2[nH]1. The molecule has 0 saturated heterocycles. The number of hydrogen-bond acceptors (Lipinski definition) is 2. The summed E-state index contributed by atoms with van der Waals surface area (Å²) in [7, 11) is 1.68. The lowest BCUT2D eigenvalue weighted by Crippen LogP contribution is -1.85.